The lowest BCUT2D eigenvalue weighted by molar-refractivity contribution is -0.119. The maximum absolute atomic E-state index is 11.0. The molecule has 0 aromatic heterocycles. The first-order chi connectivity index (χ1) is 12.1. The van der Waals surface area contributed by atoms with Gasteiger partial charge in [-0.25, -0.2) is 0 Å². The van der Waals surface area contributed by atoms with Gasteiger partial charge in [-0.1, -0.05) is 0 Å². The summed E-state index contributed by atoms with van der Waals surface area (Å²) in [5, 5.41) is 3.37. The molecule has 0 bridgehead atoms. The van der Waals surface area contributed by atoms with Gasteiger partial charge in [0.2, 0.25) is 0 Å². The van der Waals surface area contributed by atoms with Crippen LogP contribution < -0.4 is 20.5 Å². The fourth-order valence-electron chi connectivity index (χ4n) is 2.77. The molecule has 0 unspecified atom stereocenters. The predicted molar refractivity (Wildman–Crippen MR) is 98.4 cm³/mol. The van der Waals surface area contributed by atoms with Gasteiger partial charge >= 0.3 is 0 Å². The quantitative estimate of drug-likeness (QED) is 0.578. The van der Waals surface area contributed by atoms with Crippen molar-refractivity contribution in [2.45, 2.75) is 6.42 Å². The van der Waals surface area contributed by atoms with Crippen molar-refractivity contribution in [2.75, 3.05) is 46.9 Å². The highest BCUT2D eigenvalue weighted by Crippen LogP contribution is 2.35. The summed E-state index contributed by atoms with van der Waals surface area (Å²) in [6.45, 7) is 7.04. The minimum Gasteiger partial charge on any atom is -0.493 e. The summed E-state index contributed by atoms with van der Waals surface area (Å²) in [5.74, 6) is 1.14. The van der Waals surface area contributed by atoms with E-state index in [4.69, 9.17) is 15.2 Å². The first-order valence-corrected chi connectivity index (χ1v) is 8.13. The zero-order valence-corrected chi connectivity index (χ0v) is 14.7. The van der Waals surface area contributed by atoms with Gasteiger partial charge in [-0.3, -0.25) is 14.8 Å². The van der Waals surface area contributed by atoms with Gasteiger partial charge in [-0.2, -0.15) is 0 Å². The van der Waals surface area contributed by atoms with Crippen LogP contribution in [0.15, 0.2) is 22.1 Å². The number of amides is 1. The van der Waals surface area contributed by atoms with E-state index in [1.807, 2.05) is 0 Å². The van der Waals surface area contributed by atoms with Crippen molar-refractivity contribution in [3.63, 3.8) is 0 Å². The molecule has 1 saturated heterocycles. The average Bonchev–Trinajstić information content (AvgIpc) is 2.90. The number of hydrogen-bond donors (Lipinski definition) is 2. The van der Waals surface area contributed by atoms with Crippen molar-refractivity contribution in [1.82, 2.24) is 10.2 Å². The van der Waals surface area contributed by atoms with E-state index in [1.165, 1.54) is 7.11 Å². The van der Waals surface area contributed by atoms with Crippen molar-refractivity contribution < 1.29 is 14.3 Å². The molecule has 0 aliphatic carbocycles. The van der Waals surface area contributed by atoms with Gasteiger partial charge < -0.3 is 25.4 Å². The maximum atomic E-state index is 11.0. The molecule has 0 saturated carbocycles. The van der Waals surface area contributed by atoms with Crippen LogP contribution in [0.3, 0.4) is 0 Å². The number of primary amides is 1. The van der Waals surface area contributed by atoms with E-state index in [0.717, 1.165) is 44.0 Å². The summed E-state index contributed by atoms with van der Waals surface area (Å²) in [7, 11) is 3.29. The summed E-state index contributed by atoms with van der Waals surface area (Å²) in [4.78, 5) is 21.8. The van der Waals surface area contributed by atoms with Crippen LogP contribution in [-0.2, 0) is 4.79 Å². The van der Waals surface area contributed by atoms with Crippen LogP contribution >= 0.6 is 0 Å². The largest absolute Gasteiger partial charge is 0.493 e. The number of carbonyl (C=O) groups excluding carboxylic acids is 1. The smallest absolute Gasteiger partial charge is 0.255 e. The lowest BCUT2D eigenvalue weighted by Crippen LogP contribution is -2.35. The number of benzene rings is 1. The Kier molecular flexibility index (Phi) is 6.76. The number of nitrogens with zero attached hydrogens (tertiary/aromatic N) is 3. The first kappa shape index (κ1) is 18.7. The molecule has 0 atom stereocenters. The van der Waals surface area contributed by atoms with Crippen molar-refractivity contribution in [3.8, 4) is 11.5 Å². The maximum Gasteiger partial charge on any atom is 0.255 e. The van der Waals surface area contributed by atoms with E-state index in [1.54, 1.807) is 19.2 Å². The summed E-state index contributed by atoms with van der Waals surface area (Å²) < 4.78 is 10.8. The molecule has 2 rings (SSSR count). The Morgan fingerprint density at radius 1 is 1.36 bits per heavy atom. The van der Waals surface area contributed by atoms with Crippen molar-refractivity contribution in [3.05, 3.63) is 17.7 Å². The molecule has 3 N–H and O–H groups in total. The topological polar surface area (TPSA) is 102 Å². The van der Waals surface area contributed by atoms with Gasteiger partial charge in [0.05, 0.1) is 12.8 Å². The lowest BCUT2D eigenvalue weighted by Gasteiger charge is -2.25. The molecule has 1 aliphatic rings. The van der Waals surface area contributed by atoms with Crippen LogP contribution in [0, 0.1) is 0 Å². The van der Waals surface area contributed by atoms with E-state index >= 15 is 0 Å². The SMILES string of the molecule is C=Nc1cc(OCC(N)=O)c(OC)cc1C(=NC)N1CCCNCC1. The van der Waals surface area contributed by atoms with Crippen LogP contribution in [0.4, 0.5) is 5.69 Å². The van der Waals surface area contributed by atoms with Crippen LogP contribution in [0.25, 0.3) is 0 Å². The van der Waals surface area contributed by atoms with Gasteiger partial charge in [0.25, 0.3) is 5.91 Å². The molecule has 1 aliphatic heterocycles. The van der Waals surface area contributed by atoms with Gasteiger partial charge in [0, 0.05) is 38.3 Å². The standard InChI is InChI=1S/C17H25N5O3/c1-19-13-10-15(25-11-16(18)23)14(24-3)9-12(13)17(20-2)22-7-4-5-21-6-8-22/h9-10,21H,1,4-8,11H2,2-3H3,(H2,18,23). The van der Waals surface area contributed by atoms with Crippen LogP contribution in [0.2, 0.25) is 0 Å². The molecule has 8 nitrogen and oxygen atoms in total. The average molecular weight is 347 g/mol. The van der Waals surface area contributed by atoms with Crippen LogP contribution in [-0.4, -0.2) is 70.3 Å². The van der Waals surface area contributed by atoms with Gasteiger partial charge in [-0.05, 0) is 25.7 Å². The highest BCUT2D eigenvalue weighted by Gasteiger charge is 2.20. The molecular weight excluding hydrogens is 322 g/mol. The fourth-order valence-corrected chi connectivity index (χ4v) is 2.77. The molecule has 8 heteroatoms. The number of carbonyl (C=O) groups is 1. The third kappa shape index (κ3) is 4.69. The lowest BCUT2D eigenvalue weighted by atomic mass is 10.1. The Morgan fingerprint density at radius 3 is 2.80 bits per heavy atom. The number of hydrogen-bond acceptors (Lipinski definition) is 6. The van der Waals surface area contributed by atoms with E-state index < -0.39 is 5.91 Å². The Balaban J connectivity index is 2.40. The third-order valence-electron chi connectivity index (χ3n) is 3.91. The Bertz CT molecular complexity index is 652. The van der Waals surface area contributed by atoms with Crippen LogP contribution in [0.1, 0.15) is 12.0 Å². The monoisotopic (exact) mass is 347 g/mol. The molecule has 1 fully saturated rings. The van der Waals surface area contributed by atoms with Crippen molar-refractivity contribution >= 4 is 24.1 Å². The van der Waals surface area contributed by atoms with Crippen LogP contribution in [0.5, 0.6) is 11.5 Å². The number of methoxy groups -OCH3 is 1. The Hall–Kier alpha value is -2.61. The first-order valence-electron chi connectivity index (χ1n) is 8.13. The number of ether oxygens (including phenoxy) is 2. The zero-order valence-electron chi connectivity index (χ0n) is 14.7. The molecule has 1 heterocycles. The molecule has 136 valence electrons. The second-order valence-corrected chi connectivity index (χ2v) is 5.57. The fraction of sp³-hybridized carbons (Fsp3) is 0.471. The number of nitrogens with two attached hydrogens (primary N) is 1. The zero-order chi connectivity index (χ0) is 18.2. The molecule has 1 aromatic rings. The minimum atomic E-state index is -0.563. The highest BCUT2D eigenvalue weighted by molar-refractivity contribution is 6.04. The predicted octanol–water partition coefficient (Wildman–Crippen LogP) is 0.563. The summed E-state index contributed by atoms with van der Waals surface area (Å²) in [6.07, 6.45) is 1.03. The van der Waals surface area contributed by atoms with E-state index in [-0.39, 0.29) is 6.61 Å². The Labute approximate surface area is 147 Å². The second-order valence-electron chi connectivity index (χ2n) is 5.57. The second kappa shape index (κ2) is 9.03. The number of rotatable bonds is 6. The van der Waals surface area contributed by atoms with Gasteiger partial charge in [0.15, 0.2) is 18.1 Å². The highest BCUT2D eigenvalue weighted by atomic mass is 16.5. The van der Waals surface area contributed by atoms with Gasteiger partial charge in [0.1, 0.15) is 5.84 Å². The normalized spacial score (nSPS) is 15.4. The number of amidine groups is 1. The molecule has 0 radical (unpaired) electrons. The molecule has 0 spiro atoms. The van der Waals surface area contributed by atoms with E-state index in [0.29, 0.717) is 17.2 Å². The van der Waals surface area contributed by atoms with E-state index in [9.17, 15) is 4.79 Å². The summed E-state index contributed by atoms with van der Waals surface area (Å²) in [5.41, 5.74) is 6.56. The molecule has 1 aromatic carbocycles. The van der Waals surface area contributed by atoms with Crippen molar-refractivity contribution in [2.24, 2.45) is 15.7 Å². The van der Waals surface area contributed by atoms with Gasteiger partial charge in [-0.15, -0.1) is 0 Å². The third-order valence-corrected chi connectivity index (χ3v) is 3.91. The molecule has 1 amide bonds. The van der Waals surface area contributed by atoms with Crippen molar-refractivity contribution in [1.29, 1.82) is 0 Å². The summed E-state index contributed by atoms with van der Waals surface area (Å²) in [6, 6.07) is 3.49. The minimum absolute atomic E-state index is 0.237. The Morgan fingerprint density at radius 2 is 2.16 bits per heavy atom. The number of aliphatic imine (C=N–C) groups is 2. The molecular formula is C17H25N5O3. The molecule has 25 heavy (non-hydrogen) atoms. The summed E-state index contributed by atoms with van der Waals surface area (Å²) >= 11 is 0. The number of nitrogens with one attached hydrogen (secondary N) is 1. The van der Waals surface area contributed by atoms with E-state index in [2.05, 4.69) is 26.9 Å².